The lowest BCUT2D eigenvalue weighted by atomic mass is 10.2. The van der Waals surface area contributed by atoms with Gasteiger partial charge in [0.05, 0.1) is 23.0 Å². The Bertz CT molecular complexity index is 1320. The lowest BCUT2D eigenvalue weighted by Crippen LogP contribution is -2.03. The van der Waals surface area contributed by atoms with Gasteiger partial charge in [-0.1, -0.05) is 11.8 Å². The molecule has 0 aliphatic rings. The fourth-order valence-electron chi connectivity index (χ4n) is 3.52. The van der Waals surface area contributed by atoms with Crippen LogP contribution in [0, 0.1) is 24.7 Å². The van der Waals surface area contributed by atoms with Crippen LogP contribution in [0.1, 0.15) is 34.7 Å². The molecule has 6 nitrogen and oxygen atoms in total. The Hall–Kier alpha value is -2.32. The molecule has 0 saturated carbocycles. The molecule has 0 fully saturated rings. The van der Waals surface area contributed by atoms with Crippen LogP contribution in [0.2, 0.25) is 0 Å². The lowest BCUT2D eigenvalue weighted by Gasteiger charge is -2.04. The predicted molar refractivity (Wildman–Crippen MR) is 165 cm³/mol. The van der Waals surface area contributed by atoms with Crippen molar-refractivity contribution in [2.24, 2.45) is 0 Å². The van der Waals surface area contributed by atoms with E-state index in [4.69, 9.17) is 41.3 Å². The Morgan fingerprint density at radius 1 is 0.550 bits per heavy atom. The third-order valence-corrected chi connectivity index (χ3v) is 10.3. The van der Waals surface area contributed by atoms with E-state index < -0.39 is 0 Å². The molecule has 40 heavy (non-hydrogen) atoms. The van der Waals surface area contributed by atoms with Crippen LogP contribution < -0.4 is 0 Å². The first-order chi connectivity index (χ1) is 19.7. The van der Waals surface area contributed by atoms with Crippen LogP contribution in [-0.2, 0) is 41.6 Å². The molecular formula is C30H30O6S4. The summed E-state index contributed by atoms with van der Waals surface area (Å²) in [5.74, 6) is 5.72. The molecule has 0 aliphatic carbocycles. The van der Waals surface area contributed by atoms with E-state index in [-0.39, 0.29) is 27.2 Å². The van der Waals surface area contributed by atoms with Gasteiger partial charge < -0.3 is 28.4 Å². The lowest BCUT2D eigenvalue weighted by molar-refractivity contribution is -0.133. The number of terminal acetylenes is 2. The zero-order valence-electron chi connectivity index (χ0n) is 22.4. The second-order valence-corrected chi connectivity index (χ2v) is 12.5. The summed E-state index contributed by atoms with van der Waals surface area (Å²) in [6.45, 7) is 6.83. The molecular weight excluding hydrogens is 585 g/mol. The molecule has 0 atom stereocenters. The van der Waals surface area contributed by atoms with Gasteiger partial charge in [0.15, 0.2) is 0 Å². The molecule has 0 spiro atoms. The van der Waals surface area contributed by atoms with Gasteiger partial charge in [-0.3, -0.25) is 0 Å². The van der Waals surface area contributed by atoms with Gasteiger partial charge in [0.1, 0.15) is 27.2 Å². The van der Waals surface area contributed by atoms with E-state index >= 15 is 0 Å². The van der Waals surface area contributed by atoms with E-state index in [1.54, 1.807) is 45.3 Å². The minimum absolute atomic E-state index is 0.186. The Balaban J connectivity index is 1.43. The molecule has 0 aliphatic heterocycles. The molecule has 0 aromatic carbocycles. The fraction of sp³-hybridized carbons (Fsp3) is 0.333. The second kappa shape index (κ2) is 16.2. The first-order valence-corrected chi connectivity index (χ1v) is 15.8. The van der Waals surface area contributed by atoms with Gasteiger partial charge in [-0.2, -0.15) is 0 Å². The highest BCUT2D eigenvalue weighted by molar-refractivity contribution is 7.28. The first-order valence-electron chi connectivity index (χ1n) is 12.5. The van der Waals surface area contributed by atoms with Gasteiger partial charge in [0.25, 0.3) is 0 Å². The average molecular weight is 615 g/mol. The summed E-state index contributed by atoms with van der Waals surface area (Å²) >= 11 is 6.69. The predicted octanol–water partition coefficient (Wildman–Crippen LogP) is 7.87. The zero-order chi connectivity index (χ0) is 28.2. The smallest absolute Gasteiger partial charge is 0.150 e. The van der Waals surface area contributed by atoms with E-state index in [1.807, 2.05) is 13.8 Å². The van der Waals surface area contributed by atoms with Crippen LogP contribution in [0.3, 0.4) is 0 Å². The summed E-state index contributed by atoms with van der Waals surface area (Å²) in [5.41, 5.74) is 1.74. The van der Waals surface area contributed by atoms with E-state index in [1.165, 1.54) is 0 Å². The van der Waals surface area contributed by atoms with Gasteiger partial charge in [-0.15, -0.1) is 58.2 Å². The average Bonchev–Trinajstić information content (AvgIpc) is 3.77. The molecule has 4 aromatic heterocycles. The largest absolute Gasteiger partial charge is 0.356 e. The molecule has 210 valence electrons. The number of thiophene rings is 4. The van der Waals surface area contributed by atoms with E-state index in [0.29, 0.717) is 26.4 Å². The van der Waals surface area contributed by atoms with Crippen molar-refractivity contribution in [1.29, 1.82) is 0 Å². The molecule has 4 aromatic rings. The van der Waals surface area contributed by atoms with Crippen molar-refractivity contribution in [2.45, 2.75) is 27.1 Å². The first kappa shape index (κ1) is 30.6. The van der Waals surface area contributed by atoms with Gasteiger partial charge in [-0.05, 0) is 50.2 Å². The molecule has 0 radical (unpaired) electrons. The number of hydrogen-bond donors (Lipinski definition) is 0. The highest BCUT2D eigenvalue weighted by atomic mass is 32.1. The van der Waals surface area contributed by atoms with Crippen molar-refractivity contribution in [2.75, 3.05) is 40.4 Å². The van der Waals surface area contributed by atoms with Crippen LogP contribution in [-0.4, -0.2) is 40.4 Å². The topological polar surface area (TPSA) is 55.4 Å². The second-order valence-electron chi connectivity index (χ2n) is 8.09. The van der Waals surface area contributed by atoms with E-state index in [9.17, 15) is 0 Å². The van der Waals surface area contributed by atoms with Crippen molar-refractivity contribution in [3.8, 4) is 54.0 Å². The van der Waals surface area contributed by atoms with Crippen LogP contribution in [0.5, 0.6) is 0 Å². The Labute approximate surface area is 251 Å². The Morgan fingerprint density at radius 2 is 0.975 bits per heavy atom. The maximum Gasteiger partial charge on any atom is 0.150 e. The zero-order valence-corrected chi connectivity index (χ0v) is 25.6. The van der Waals surface area contributed by atoms with Crippen LogP contribution in [0.15, 0.2) is 36.4 Å². The minimum Gasteiger partial charge on any atom is -0.356 e. The normalized spacial score (nSPS) is 11.1. The Kier molecular flexibility index (Phi) is 12.4. The van der Waals surface area contributed by atoms with E-state index in [0.717, 1.165) is 50.1 Å². The van der Waals surface area contributed by atoms with Crippen molar-refractivity contribution in [1.82, 2.24) is 0 Å². The molecule has 0 unspecified atom stereocenters. The number of hydrogen-bond acceptors (Lipinski definition) is 10. The standard InChI is InChI=1S/C30H30O6S4/c1-5-21-13-27(39-29(21)25-11-9-23(37-25)15-33-19-35-17-31-7-3)28-14-22(6-2)30(40-28)26-12-10-24(38-26)16-34-20-36-18-32-8-4/h1-2,9-14H,7-8,15-20H2,3-4H3. The monoisotopic (exact) mass is 614 g/mol. The fourth-order valence-corrected chi connectivity index (χ4v) is 7.97. The SMILES string of the molecule is C#Cc1cc(-c2cc(C#C)c(-c3ccc(COCOCOCC)s3)s2)sc1-c1ccc(COCOCOCC)s1. The Morgan fingerprint density at radius 3 is 1.38 bits per heavy atom. The van der Waals surface area contributed by atoms with Crippen LogP contribution >= 0.6 is 45.3 Å². The molecule has 4 heterocycles. The third kappa shape index (κ3) is 8.35. The van der Waals surface area contributed by atoms with E-state index in [2.05, 4.69) is 48.2 Å². The van der Waals surface area contributed by atoms with Crippen molar-refractivity contribution in [3.05, 3.63) is 57.3 Å². The summed E-state index contributed by atoms with van der Waals surface area (Å²) in [6.07, 6.45) is 11.8. The quantitative estimate of drug-likeness (QED) is 0.0686. The van der Waals surface area contributed by atoms with Crippen molar-refractivity contribution < 1.29 is 28.4 Å². The molecule has 0 N–H and O–H groups in total. The van der Waals surface area contributed by atoms with Crippen molar-refractivity contribution in [3.63, 3.8) is 0 Å². The maximum atomic E-state index is 5.91. The van der Waals surface area contributed by atoms with Crippen LogP contribution in [0.25, 0.3) is 29.3 Å². The summed E-state index contributed by atoms with van der Waals surface area (Å²) in [5, 5.41) is 0. The summed E-state index contributed by atoms with van der Waals surface area (Å²) in [4.78, 5) is 8.75. The molecule has 4 rings (SSSR count). The molecule has 0 bridgehead atoms. The molecule has 10 heteroatoms. The molecule has 0 saturated heterocycles. The van der Waals surface area contributed by atoms with Crippen LogP contribution in [0.4, 0.5) is 0 Å². The highest BCUT2D eigenvalue weighted by Crippen LogP contribution is 2.46. The van der Waals surface area contributed by atoms with Gasteiger partial charge >= 0.3 is 0 Å². The van der Waals surface area contributed by atoms with Gasteiger partial charge in [0, 0.05) is 53.6 Å². The maximum absolute atomic E-state index is 5.91. The van der Waals surface area contributed by atoms with Gasteiger partial charge in [-0.25, -0.2) is 0 Å². The van der Waals surface area contributed by atoms with Gasteiger partial charge in [0.2, 0.25) is 0 Å². The summed E-state index contributed by atoms with van der Waals surface area (Å²) in [6, 6.07) is 12.4. The number of rotatable bonds is 17. The summed E-state index contributed by atoms with van der Waals surface area (Å²) in [7, 11) is 0. The van der Waals surface area contributed by atoms with Crippen molar-refractivity contribution >= 4 is 45.3 Å². The highest BCUT2D eigenvalue weighted by Gasteiger charge is 2.18. The molecule has 0 amide bonds. The third-order valence-electron chi connectivity index (χ3n) is 5.35. The number of ether oxygens (including phenoxy) is 6. The summed E-state index contributed by atoms with van der Waals surface area (Å²) < 4.78 is 32.0. The minimum atomic E-state index is 0.186.